The number of amides is 1. The molecule has 1 amide bonds. The van der Waals surface area contributed by atoms with Gasteiger partial charge in [0.25, 0.3) is 5.91 Å². The largest absolute Gasteiger partial charge is 0.332 e. The Bertz CT molecular complexity index is 610. The molecular formula is C15H22N2O3S. The molecule has 1 saturated heterocycles. The highest BCUT2D eigenvalue weighted by molar-refractivity contribution is 7.90. The third-order valence-electron chi connectivity index (χ3n) is 4.06. The van der Waals surface area contributed by atoms with Gasteiger partial charge in [0.05, 0.1) is 4.90 Å². The van der Waals surface area contributed by atoms with Crippen LogP contribution >= 0.6 is 0 Å². The molecule has 1 heterocycles. The van der Waals surface area contributed by atoms with Crippen LogP contribution in [0.4, 0.5) is 0 Å². The van der Waals surface area contributed by atoms with Crippen molar-refractivity contribution >= 4 is 15.7 Å². The van der Waals surface area contributed by atoms with Gasteiger partial charge in [0.2, 0.25) is 0 Å². The van der Waals surface area contributed by atoms with Gasteiger partial charge in [-0.05, 0) is 50.5 Å². The molecule has 2 N–H and O–H groups in total. The molecule has 0 aliphatic carbocycles. The quantitative estimate of drug-likeness (QED) is 0.916. The Morgan fingerprint density at radius 3 is 2.43 bits per heavy atom. The number of nitrogens with two attached hydrogens (primary N) is 1. The van der Waals surface area contributed by atoms with Crippen molar-refractivity contribution in [2.75, 3.05) is 12.8 Å². The van der Waals surface area contributed by atoms with E-state index in [1.54, 1.807) is 12.1 Å². The molecule has 0 radical (unpaired) electrons. The van der Waals surface area contributed by atoms with E-state index < -0.39 is 9.84 Å². The van der Waals surface area contributed by atoms with Crippen molar-refractivity contribution in [1.29, 1.82) is 0 Å². The first kappa shape index (κ1) is 16.0. The Balaban J connectivity index is 2.26. The summed E-state index contributed by atoms with van der Waals surface area (Å²) < 4.78 is 22.9. The second-order valence-electron chi connectivity index (χ2n) is 5.68. The predicted octanol–water partition coefficient (Wildman–Crippen LogP) is 1.43. The van der Waals surface area contributed by atoms with Gasteiger partial charge < -0.3 is 10.6 Å². The molecule has 2 unspecified atom stereocenters. The standard InChI is InChI=1S/C15H22N2O3S/c1-11-4-3-5-13(10-16)17(11)15(18)12-6-8-14(9-7-12)21(2,19)20/h6-9,11,13H,3-5,10,16H2,1-2H3. The lowest BCUT2D eigenvalue weighted by Gasteiger charge is -2.40. The lowest BCUT2D eigenvalue weighted by Crippen LogP contribution is -2.51. The number of likely N-dealkylation sites (tertiary alicyclic amines) is 1. The number of carbonyl (C=O) groups is 1. The summed E-state index contributed by atoms with van der Waals surface area (Å²) in [5.74, 6) is -0.0716. The second kappa shape index (κ2) is 6.15. The topological polar surface area (TPSA) is 80.5 Å². The zero-order valence-electron chi connectivity index (χ0n) is 12.5. The summed E-state index contributed by atoms with van der Waals surface area (Å²) in [6.45, 7) is 2.49. The third kappa shape index (κ3) is 3.44. The SMILES string of the molecule is CC1CCCC(CN)N1C(=O)c1ccc(S(C)(=O)=O)cc1. The predicted molar refractivity (Wildman–Crippen MR) is 81.9 cm³/mol. The van der Waals surface area contributed by atoms with Crippen LogP contribution in [0, 0.1) is 0 Å². The summed E-state index contributed by atoms with van der Waals surface area (Å²) in [7, 11) is -3.24. The van der Waals surface area contributed by atoms with Crippen LogP contribution in [-0.2, 0) is 9.84 Å². The fourth-order valence-electron chi connectivity index (χ4n) is 2.88. The molecule has 2 atom stereocenters. The van der Waals surface area contributed by atoms with E-state index >= 15 is 0 Å². The zero-order valence-corrected chi connectivity index (χ0v) is 13.3. The van der Waals surface area contributed by atoms with Crippen molar-refractivity contribution in [3.63, 3.8) is 0 Å². The van der Waals surface area contributed by atoms with Gasteiger partial charge in [0.15, 0.2) is 9.84 Å². The summed E-state index contributed by atoms with van der Waals surface area (Å²) in [5.41, 5.74) is 6.29. The highest BCUT2D eigenvalue weighted by atomic mass is 32.2. The maximum Gasteiger partial charge on any atom is 0.254 e. The number of hydrogen-bond donors (Lipinski definition) is 1. The minimum absolute atomic E-state index is 0.0656. The minimum Gasteiger partial charge on any atom is -0.332 e. The molecule has 6 heteroatoms. The van der Waals surface area contributed by atoms with E-state index in [1.165, 1.54) is 12.1 Å². The van der Waals surface area contributed by atoms with E-state index in [0.29, 0.717) is 12.1 Å². The first-order valence-electron chi connectivity index (χ1n) is 7.17. The lowest BCUT2D eigenvalue weighted by atomic mass is 9.95. The Hall–Kier alpha value is -1.40. The van der Waals surface area contributed by atoms with Crippen molar-refractivity contribution in [3.05, 3.63) is 29.8 Å². The van der Waals surface area contributed by atoms with Crippen LogP contribution in [0.15, 0.2) is 29.2 Å². The van der Waals surface area contributed by atoms with Gasteiger partial charge in [-0.3, -0.25) is 4.79 Å². The van der Waals surface area contributed by atoms with Gasteiger partial charge in [-0.2, -0.15) is 0 Å². The number of nitrogens with zero attached hydrogens (tertiary/aromatic N) is 1. The van der Waals surface area contributed by atoms with Crippen molar-refractivity contribution < 1.29 is 13.2 Å². The average Bonchev–Trinajstić information content (AvgIpc) is 2.45. The van der Waals surface area contributed by atoms with E-state index in [-0.39, 0.29) is 22.9 Å². The molecule has 5 nitrogen and oxygen atoms in total. The van der Waals surface area contributed by atoms with Crippen LogP contribution in [0.3, 0.4) is 0 Å². The van der Waals surface area contributed by atoms with Gasteiger partial charge in [-0.15, -0.1) is 0 Å². The fraction of sp³-hybridized carbons (Fsp3) is 0.533. The van der Waals surface area contributed by atoms with Crippen LogP contribution < -0.4 is 5.73 Å². The number of sulfone groups is 1. The lowest BCUT2D eigenvalue weighted by molar-refractivity contribution is 0.0494. The first-order chi connectivity index (χ1) is 9.84. The van der Waals surface area contributed by atoms with Gasteiger partial charge in [-0.1, -0.05) is 0 Å². The molecule has 21 heavy (non-hydrogen) atoms. The Morgan fingerprint density at radius 2 is 1.90 bits per heavy atom. The normalized spacial score (nSPS) is 23.1. The average molecular weight is 310 g/mol. The van der Waals surface area contributed by atoms with Crippen molar-refractivity contribution in [1.82, 2.24) is 4.90 Å². The van der Waals surface area contributed by atoms with Gasteiger partial charge >= 0.3 is 0 Å². The van der Waals surface area contributed by atoms with Gasteiger partial charge in [-0.25, -0.2) is 8.42 Å². The number of hydrogen-bond acceptors (Lipinski definition) is 4. The maximum atomic E-state index is 12.7. The number of rotatable bonds is 3. The maximum absolute atomic E-state index is 12.7. The summed E-state index contributed by atoms with van der Waals surface area (Å²) >= 11 is 0. The Labute approximate surface area is 126 Å². The van der Waals surface area contributed by atoms with E-state index in [2.05, 4.69) is 0 Å². The van der Waals surface area contributed by atoms with Crippen LogP contribution in [-0.4, -0.2) is 44.1 Å². The zero-order chi connectivity index (χ0) is 15.6. The number of benzene rings is 1. The van der Waals surface area contributed by atoms with Crippen LogP contribution in [0.5, 0.6) is 0 Å². The van der Waals surface area contributed by atoms with Crippen LogP contribution in [0.1, 0.15) is 36.5 Å². The summed E-state index contributed by atoms with van der Waals surface area (Å²) in [6.07, 6.45) is 4.14. The van der Waals surface area contributed by atoms with Crippen molar-refractivity contribution in [2.45, 2.75) is 43.2 Å². The summed E-state index contributed by atoms with van der Waals surface area (Å²) in [5, 5.41) is 0. The molecule has 0 aromatic heterocycles. The van der Waals surface area contributed by atoms with Crippen LogP contribution in [0.2, 0.25) is 0 Å². The molecular weight excluding hydrogens is 288 g/mol. The summed E-state index contributed by atoms with van der Waals surface area (Å²) in [4.78, 5) is 14.7. The Morgan fingerprint density at radius 1 is 1.29 bits per heavy atom. The molecule has 1 aromatic rings. The Kier molecular flexibility index (Phi) is 4.68. The number of carbonyl (C=O) groups excluding carboxylic acids is 1. The van der Waals surface area contributed by atoms with Crippen molar-refractivity contribution in [2.24, 2.45) is 5.73 Å². The van der Waals surface area contributed by atoms with Crippen molar-refractivity contribution in [3.8, 4) is 0 Å². The monoisotopic (exact) mass is 310 g/mol. The summed E-state index contributed by atoms with van der Waals surface area (Å²) in [6, 6.07) is 6.34. The molecule has 1 aromatic carbocycles. The molecule has 1 aliphatic rings. The van der Waals surface area contributed by atoms with Gasteiger partial charge in [0.1, 0.15) is 0 Å². The second-order valence-corrected chi connectivity index (χ2v) is 7.69. The highest BCUT2D eigenvalue weighted by Gasteiger charge is 2.31. The molecule has 0 spiro atoms. The smallest absolute Gasteiger partial charge is 0.254 e. The molecule has 0 saturated carbocycles. The van der Waals surface area contributed by atoms with E-state index in [4.69, 9.17) is 5.73 Å². The van der Waals surface area contributed by atoms with E-state index in [9.17, 15) is 13.2 Å². The minimum atomic E-state index is -3.24. The molecule has 1 fully saturated rings. The molecule has 0 bridgehead atoms. The first-order valence-corrected chi connectivity index (χ1v) is 9.06. The molecule has 116 valence electrons. The molecule has 2 rings (SSSR count). The van der Waals surface area contributed by atoms with Crippen LogP contribution in [0.25, 0.3) is 0 Å². The fourth-order valence-corrected chi connectivity index (χ4v) is 3.51. The van der Waals surface area contributed by atoms with E-state index in [1.807, 2.05) is 11.8 Å². The van der Waals surface area contributed by atoms with E-state index in [0.717, 1.165) is 25.5 Å². The number of piperidine rings is 1. The third-order valence-corrected chi connectivity index (χ3v) is 5.19. The highest BCUT2D eigenvalue weighted by Crippen LogP contribution is 2.24. The molecule has 1 aliphatic heterocycles. The van der Waals surface area contributed by atoms with Gasteiger partial charge in [0, 0.05) is 30.4 Å².